The van der Waals surface area contributed by atoms with Crippen molar-refractivity contribution in [3.05, 3.63) is 63.6 Å². The van der Waals surface area contributed by atoms with Crippen LogP contribution in [0.3, 0.4) is 0 Å². The molecular formula is C20H20Cl2N2O2. The van der Waals surface area contributed by atoms with Gasteiger partial charge in [0.2, 0.25) is 0 Å². The summed E-state index contributed by atoms with van der Waals surface area (Å²) in [5.41, 5.74) is 1.54. The molecule has 26 heavy (non-hydrogen) atoms. The largest absolute Gasteiger partial charge is 0.338 e. The van der Waals surface area contributed by atoms with E-state index in [1.165, 1.54) is 0 Å². The maximum atomic E-state index is 12.6. The number of likely N-dealkylation sites (tertiary alicyclic amines) is 1. The first-order valence-electron chi connectivity index (χ1n) is 8.60. The predicted molar refractivity (Wildman–Crippen MR) is 105 cm³/mol. The lowest BCUT2D eigenvalue weighted by atomic mass is 9.99. The van der Waals surface area contributed by atoms with Crippen molar-refractivity contribution < 1.29 is 9.59 Å². The van der Waals surface area contributed by atoms with Gasteiger partial charge in [-0.2, -0.15) is 0 Å². The summed E-state index contributed by atoms with van der Waals surface area (Å²) >= 11 is 11.9. The second-order valence-electron chi connectivity index (χ2n) is 6.65. The van der Waals surface area contributed by atoms with E-state index in [0.29, 0.717) is 32.8 Å². The van der Waals surface area contributed by atoms with E-state index in [2.05, 4.69) is 12.2 Å². The Balaban J connectivity index is 1.68. The zero-order valence-corrected chi connectivity index (χ0v) is 16.0. The van der Waals surface area contributed by atoms with E-state index >= 15 is 0 Å². The summed E-state index contributed by atoms with van der Waals surface area (Å²) in [5.74, 6) is 0.256. The van der Waals surface area contributed by atoms with Crippen LogP contribution in [0.2, 0.25) is 10.0 Å². The van der Waals surface area contributed by atoms with Crippen LogP contribution in [0.25, 0.3) is 0 Å². The molecule has 136 valence electrons. The number of hydrogen-bond donors (Lipinski definition) is 1. The van der Waals surface area contributed by atoms with Gasteiger partial charge in [0.25, 0.3) is 11.8 Å². The molecule has 1 N–H and O–H groups in total. The lowest BCUT2D eigenvalue weighted by Crippen LogP contribution is -2.39. The Morgan fingerprint density at radius 1 is 1.08 bits per heavy atom. The van der Waals surface area contributed by atoms with Crippen molar-refractivity contribution >= 4 is 40.7 Å². The van der Waals surface area contributed by atoms with Gasteiger partial charge in [0.05, 0.1) is 10.7 Å². The first-order chi connectivity index (χ1) is 12.4. The predicted octanol–water partition coefficient (Wildman–Crippen LogP) is 5.12. The molecule has 1 atom stereocenters. The first-order valence-corrected chi connectivity index (χ1v) is 9.35. The van der Waals surface area contributed by atoms with E-state index in [-0.39, 0.29) is 11.8 Å². The van der Waals surface area contributed by atoms with Gasteiger partial charge in [-0.15, -0.1) is 0 Å². The monoisotopic (exact) mass is 390 g/mol. The summed E-state index contributed by atoms with van der Waals surface area (Å²) < 4.78 is 0. The van der Waals surface area contributed by atoms with E-state index in [1.807, 2.05) is 4.90 Å². The summed E-state index contributed by atoms with van der Waals surface area (Å²) in [6, 6.07) is 11.6. The van der Waals surface area contributed by atoms with Crippen LogP contribution in [0.15, 0.2) is 42.5 Å². The van der Waals surface area contributed by atoms with Crippen molar-refractivity contribution in [2.24, 2.45) is 5.92 Å². The minimum Gasteiger partial charge on any atom is -0.338 e. The van der Waals surface area contributed by atoms with Crippen LogP contribution in [-0.4, -0.2) is 29.8 Å². The normalized spacial score (nSPS) is 17.0. The number of amides is 2. The third-order valence-electron chi connectivity index (χ3n) is 4.52. The van der Waals surface area contributed by atoms with Crippen molar-refractivity contribution in [3.8, 4) is 0 Å². The average molecular weight is 391 g/mol. The molecule has 2 amide bonds. The SMILES string of the molecule is CC1CCCN(C(=O)c2ccc(C(=O)Nc3ccc(Cl)cc3Cl)cc2)C1. The molecule has 2 aromatic rings. The highest BCUT2D eigenvalue weighted by molar-refractivity contribution is 6.36. The molecule has 0 saturated carbocycles. The highest BCUT2D eigenvalue weighted by Gasteiger charge is 2.22. The van der Waals surface area contributed by atoms with Gasteiger partial charge >= 0.3 is 0 Å². The standard InChI is InChI=1S/C20H20Cl2N2O2/c1-13-3-2-10-24(12-13)20(26)15-6-4-14(5-7-15)19(25)23-18-9-8-16(21)11-17(18)22/h4-9,11,13H,2-3,10,12H2,1H3,(H,23,25). The number of carbonyl (C=O) groups excluding carboxylic acids is 2. The van der Waals surface area contributed by atoms with E-state index in [0.717, 1.165) is 25.9 Å². The highest BCUT2D eigenvalue weighted by atomic mass is 35.5. The fourth-order valence-electron chi connectivity index (χ4n) is 3.11. The molecule has 6 heteroatoms. The molecule has 1 heterocycles. The number of nitrogens with one attached hydrogen (secondary N) is 1. The lowest BCUT2D eigenvalue weighted by molar-refractivity contribution is 0.0682. The summed E-state index contributed by atoms with van der Waals surface area (Å²) in [4.78, 5) is 26.9. The third-order valence-corrected chi connectivity index (χ3v) is 5.07. The van der Waals surface area contributed by atoms with E-state index in [4.69, 9.17) is 23.2 Å². The van der Waals surface area contributed by atoms with Gasteiger partial charge in [0, 0.05) is 29.2 Å². The molecule has 1 unspecified atom stereocenters. The zero-order chi connectivity index (χ0) is 18.7. The highest BCUT2D eigenvalue weighted by Crippen LogP contribution is 2.26. The fourth-order valence-corrected chi connectivity index (χ4v) is 3.56. The van der Waals surface area contributed by atoms with Crippen LogP contribution in [-0.2, 0) is 0 Å². The number of nitrogens with zero attached hydrogens (tertiary/aromatic N) is 1. The number of carbonyl (C=O) groups is 2. The molecule has 3 rings (SSSR count). The number of piperidine rings is 1. The van der Waals surface area contributed by atoms with E-state index in [1.54, 1.807) is 42.5 Å². The summed E-state index contributed by atoms with van der Waals surface area (Å²) in [6.45, 7) is 3.74. The smallest absolute Gasteiger partial charge is 0.255 e. The molecule has 1 aliphatic rings. The van der Waals surface area contributed by atoms with Crippen LogP contribution in [0.1, 0.15) is 40.5 Å². The van der Waals surface area contributed by atoms with Gasteiger partial charge < -0.3 is 10.2 Å². The second kappa shape index (κ2) is 8.11. The maximum absolute atomic E-state index is 12.6. The van der Waals surface area contributed by atoms with Crippen molar-refractivity contribution in [2.75, 3.05) is 18.4 Å². The van der Waals surface area contributed by atoms with Crippen molar-refractivity contribution in [1.29, 1.82) is 0 Å². The summed E-state index contributed by atoms with van der Waals surface area (Å²) in [6.07, 6.45) is 2.20. The van der Waals surface area contributed by atoms with Crippen LogP contribution in [0.4, 0.5) is 5.69 Å². The van der Waals surface area contributed by atoms with Gasteiger partial charge in [-0.1, -0.05) is 30.1 Å². The molecule has 1 aliphatic heterocycles. The molecule has 4 nitrogen and oxygen atoms in total. The van der Waals surface area contributed by atoms with E-state index in [9.17, 15) is 9.59 Å². The minimum absolute atomic E-state index is 0.0178. The second-order valence-corrected chi connectivity index (χ2v) is 7.50. The summed E-state index contributed by atoms with van der Waals surface area (Å²) in [5, 5.41) is 3.62. The topological polar surface area (TPSA) is 49.4 Å². The molecule has 2 aromatic carbocycles. The number of halogens is 2. The Hall–Kier alpha value is -2.04. The number of anilines is 1. The first kappa shape index (κ1) is 18.7. The Morgan fingerprint density at radius 3 is 2.42 bits per heavy atom. The van der Waals surface area contributed by atoms with Gasteiger partial charge in [-0.25, -0.2) is 0 Å². The van der Waals surface area contributed by atoms with Crippen LogP contribution in [0, 0.1) is 5.92 Å². The minimum atomic E-state index is -0.292. The summed E-state index contributed by atoms with van der Waals surface area (Å²) in [7, 11) is 0. The van der Waals surface area contributed by atoms with E-state index < -0.39 is 0 Å². The maximum Gasteiger partial charge on any atom is 0.255 e. The molecule has 0 radical (unpaired) electrons. The Bertz CT molecular complexity index is 821. The van der Waals surface area contributed by atoms with Crippen molar-refractivity contribution in [2.45, 2.75) is 19.8 Å². The Morgan fingerprint density at radius 2 is 1.77 bits per heavy atom. The molecular weight excluding hydrogens is 371 g/mol. The van der Waals surface area contributed by atoms with Crippen LogP contribution in [0.5, 0.6) is 0 Å². The average Bonchev–Trinajstić information content (AvgIpc) is 2.63. The molecule has 0 spiro atoms. The molecule has 0 aromatic heterocycles. The van der Waals surface area contributed by atoms with Gasteiger partial charge in [0.15, 0.2) is 0 Å². The Labute approximate surface area is 163 Å². The third kappa shape index (κ3) is 4.37. The molecule has 1 saturated heterocycles. The molecule has 0 aliphatic carbocycles. The lowest BCUT2D eigenvalue weighted by Gasteiger charge is -2.31. The van der Waals surface area contributed by atoms with Gasteiger partial charge in [-0.05, 0) is 61.2 Å². The van der Waals surface area contributed by atoms with Crippen LogP contribution < -0.4 is 5.32 Å². The van der Waals surface area contributed by atoms with Crippen molar-refractivity contribution in [3.63, 3.8) is 0 Å². The van der Waals surface area contributed by atoms with Crippen molar-refractivity contribution in [1.82, 2.24) is 4.90 Å². The Kier molecular flexibility index (Phi) is 5.84. The molecule has 0 bridgehead atoms. The zero-order valence-electron chi connectivity index (χ0n) is 14.5. The fraction of sp³-hybridized carbons (Fsp3) is 0.300. The van der Waals surface area contributed by atoms with Crippen LogP contribution >= 0.6 is 23.2 Å². The van der Waals surface area contributed by atoms with Gasteiger partial charge in [0.1, 0.15) is 0 Å². The number of benzene rings is 2. The quantitative estimate of drug-likeness (QED) is 0.790. The number of hydrogen-bond acceptors (Lipinski definition) is 2. The number of rotatable bonds is 3. The van der Waals surface area contributed by atoms with Gasteiger partial charge in [-0.3, -0.25) is 9.59 Å². The molecule has 1 fully saturated rings.